The first kappa shape index (κ1) is 11.8. The molecule has 0 saturated heterocycles. The molecule has 1 aromatic heterocycles. The number of carbonyl (C=O) groups excluding carboxylic acids is 1. The molecule has 2 nitrogen and oxygen atoms in total. The lowest BCUT2D eigenvalue weighted by atomic mass is 9.99. The molecule has 1 heterocycles. The molecule has 0 spiro atoms. The molecule has 0 amide bonds. The Morgan fingerprint density at radius 3 is 2.59 bits per heavy atom. The third-order valence-electron chi connectivity index (χ3n) is 3.03. The van der Waals surface area contributed by atoms with Crippen molar-refractivity contribution in [3.8, 4) is 0 Å². The zero-order valence-electron chi connectivity index (χ0n) is 10.7. The van der Waals surface area contributed by atoms with E-state index in [0.717, 1.165) is 27.7 Å². The van der Waals surface area contributed by atoms with Crippen molar-refractivity contribution in [3.05, 3.63) is 41.1 Å². The van der Waals surface area contributed by atoms with Crippen LogP contribution in [0.15, 0.2) is 24.3 Å². The second-order valence-corrected chi connectivity index (χ2v) is 4.78. The van der Waals surface area contributed by atoms with Crippen LogP contribution in [0.5, 0.6) is 0 Å². The number of carbonyl (C=O) groups is 1. The second kappa shape index (κ2) is 4.28. The summed E-state index contributed by atoms with van der Waals surface area (Å²) in [5, 5.41) is 0.960. The number of para-hydroxylation sites is 1. The van der Waals surface area contributed by atoms with Crippen LogP contribution < -0.4 is 0 Å². The molecule has 88 valence electrons. The highest BCUT2D eigenvalue weighted by Gasteiger charge is 2.12. The van der Waals surface area contributed by atoms with Crippen molar-refractivity contribution in [1.82, 2.24) is 4.98 Å². The van der Waals surface area contributed by atoms with Gasteiger partial charge in [0.05, 0.1) is 5.52 Å². The minimum atomic E-state index is 0.102. The van der Waals surface area contributed by atoms with Gasteiger partial charge >= 0.3 is 0 Å². The number of pyridine rings is 1. The molecule has 0 radical (unpaired) electrons. The van der Waals surface area contributed by atoms with Crippen molar-refractivity contribution in [1.29, 1.82) is 0 Å². The van der Waals surface area contributed by atoms with Crippen LogP contribution in [-0.2, 0) is 0 Å². The van der Waals surface area contributed by atoms with Gasteiger partial charge < -0.3 is 0 Å². The van der Waals surface area contributed by atoms with Gasteiger partial charge in [0.2, 0.25) is 0 Å². The van der Waals surface area contributed by atoms with E-state index in [0.29, 0.717) is 5.92 Å². The smallest absolute Gasteiger partial charge is 0.160 e. The van der Waals surface area contributed by atoms with Crippen LogP contribution in [0, 0.1) is 6.92 Å². The van der Waals surface area contributed by atoms with Gasteiger partial charge in [0.1, 0.15) is 0 Å². The largest absolute Gasteiger partial charge is 0.294 e. The van der Waals surface area contributed by atoms with Crippen molar-refractivity contribution in [3.63, 3.8) is 0 Å². The third kappa shape index (κ3) is 2.07. The Bertz CT molecular complexity index is 585. The molecule has 2 rings (SSSR count). The fraction of sp³-hybridized carbons (Fsp3) is 0.333. The first-order valence-electron chi connectivity index (χ1n) is 5.92. The first-order chi connectivity index (χ1) is 8.00. The van der Waals surface area contributed by atoms with Gasteiger partial charge in [-0.25, -0.2) is 0 Å². The van der Waals surface area contributed by atoms with E-state index in [1.807, 2.05) is 31.2 Å². The van der Waals surface area contributed by atoms with Gasteiger partial charge in [-0.3, -0.25) is 9.78 Å². The van der Waals surface area contributed by atoms with Crippen LogP contribution >= 0.6 is 0 Å². The zero-order valence-corrected chi connectivity index (χ0v) is 10.7. The number of Topliss-reactive ketones (excluding diaryl/α,β-unsaturated/α-hetero) is 1. The van der Waals surface area contributed by atoms with E-state index in [-0.39, 0.29) is 5.78 Å². The SMILES string of the molecule is CC(=O)c1cc(C(C)C)nc2c(C)cccc12. The van der Waals surface area contributed by atoms with Gasteiger partial charge in [-0.15, -0.1) is 0 Å². The predicted molar refractivity (Wildman–Crippen MR) is 70.6 cm³/mol. The van der Waals surface area contributed by atoms with Crippen molar-refractivity contribution in [2.45, 2.75) is 33.6 Å². The average Bonchev–Trinajstić information content (AvgIpc) is 2.28. The summed E-state index contributed by atoms with van der Waals surface area (Å²) in [6.07, 6.45) is 0. The van der Waals surface area contributed by atoms with E-state index in [4.69, 9.17) is 0 Å². The van der Waals surface area contributed by atoms with Crippen LogP contribution in [0.25, 0.3) is 10.9 Å². The highest BCUT2D eigenvalue weighted by Crippen LogP contribution is 2.24. The van der Waals surface area contributed by atoms with E-state index < -0.39 is 0 Å². The summed E-state index contributed by atoms with van der Waals surface area (Å²) < 4.78 is 0. The Labute approximate surface area is 102 Å². The molecule has 17 heavy (non-hydrogen) atoms. The molecular formula is C15H17NO. The molecule has 2 aromatic rings. The number of hydrogen-bond donors (Lipinski definition) is 0. The van der Waals surface area contributed by atoms with Gasteiger partial charge in [-0.1, -0.05) is 32.0 Å². The lowest BCUT2D eigenvalue weighted by Gasteiger charge is -2.11. The van der Waals surface area contributed by atoms with Gasteiger partial charge in [0.25, 0.3) is 0 Å². The Hall–Kier alpha value is -1.70. The summed E-state index contributed by atoms with van der Waals surface area (Å²) in [6, 6.07) is 7.90. The fourth-order valence-electron chi connectivity index (χ4n) is 2.00. The highest BCUT2D eigenvalue weighted by molar-refractivity contribution is 6.06. The normalized spacial score (nSPS) is 11.1. The van der Waals surface area contributed by atoms with Crippen molar-refractivity contribution < 1.29 is 4.79 Å². The molecule has 0 fully saturated rings. The van der Waals surface area contributed by atoms with Crippen molar-refractivity contribution in [2.75, 3.05) is 0 Å². The number of aryl methyl sites for hydroxylation is 1. The van der Waals surface area contributed by atoms with E-state index in [2.05, 4.69) is 18.8 Å². The Morgan fingerprint density at radius 1 is 1.29 bits per heavy atom. The predicted octanol–water partition coefficient (Wildman–Crippen LogP) is 3.87. The number of nitrogens with zero attached hydrogens (tertiary/aromatic N) is 1. The second-order valence-electron chi connectivity index (χ2n) is 4.78. The molecule has 0 bridgehead atoms. The van der Waals surface area contributed by atoms with Crippen LogP contribution in [0.1, 0.15) is 48.3 Å². The van der Waals surface area contributed by atoms with Crippen LogP contribution in [0.3, 0.4) is 0 Å². The first-order valence-corrected chi connectivity index (χ1v) is 5.92. The van der Waals surface area contributed by atoms with Gasteiger partial charge in [-0.05, 0) is 31.4 Å². The fourth-order valence-corrected chi connectivity index (χ4v) is 2.00. The van der Waals surface area contributed by atoms with Crippen LogP contribution in [0.2, 0.25) is 0 Å². The molecule has 0 atom stereocenters. The lowest BCUT2D eigenvalue weighted by molar-refractivity contribution is 0.101. The molecule has 0 aliphatic carbocycles. The number of benzene rings is 1. The Kier molecular flexibility index (Phi) is 2.97. The van der Waals surface area contributed by atoms with E-state index in [1.54, 1.807) is 6.92 Å². The van der Waals surface area contributed by atoms with E-state index >= 15 is 0 Å². The molecule has 0 saturated carbocycles. The van der Waals surface area contributed by atoms with E-state index in [1.165, 1.54) is 0 Å². The molecule has 0 N–H and O–H groups in total. The van der Waals surface area contributed by atoms with Crippen molar-refractivity contribution >= 4 is 16.7 Å². The van der Waals surface area contributed by atoms with Gasteiger partial charge in [0, 0.05) is 16.6 Å². The number of hydrogen-bond acceptors (Lipinski definition) is 2. The molecule has 0 aliphatic rings. The number of fused-ring (bicyclic) bond motifs is 1. The molecule has 0 aliphatic heterocycles. The number of aromatic nitrogens is 1. The minimum absolute atomic E-state index is 0.102. The van der Waals surface area contributed by atoms with Gasteiger partial charge in [-0.2, -0.15) is 0 Å². The third-order valence-corrected chi connectivity index (χ3v) is 3.03. The maximum Gasteiger partial charge on any atom is 0.160 e. The highest BCUT2D eigenvalue weighted by atomic mass is 16.1. The molecule has 1 aromatic carbocycles. The summed E-state index contributed by atoms with van der Waals surface area (Å²) in [5.74, 6) is 0.432. The molecule has 0 unspecified atom stereocenters. The Balaban J connectivity index is 2.86. The van der Waals surface area contributed by atoms with Gasteiger partial charge in [0.15, 0.2) is 5.78 Å². The molecule has 2 heteroatoms. The number of rotatable bonds is 2. The van der Waals surface area contributed by atoms with Crippen LogP contribution in [0.4, 0.5) is 0 Å². The Morgan fingerprint density at radius 2 is 2.00 bits per heavy atom. The van der Waals surface area contributed by atoms with E-state index in [9.17, 15) is 4.79 Å². The summed E-state index contributed by atoms with van der Waals surface area (Å²) in [7, 11) is 0. The topological polar surface area (TPSA) is 30.0 Å². The minimum Gasteiger partial charge on any atom is -0.294 e. The number of ketones is 1. The molecular weight excluding hydrogens is 210 g/mol. The summed E-state index contributed by atoms with van der Waals surface area (Å²) in [4.78, 5) is 16.4. The standard InChI is InChI=1S/C15H17NO/c1-9(2)14-8-13(11(4)17)12-7-5-6-10(3)15(12)16-14/h5-9H,1-4H3. The quantitative estimate of drug-likeness (QED) is 0.729. The van der Waals surface area contributed by atoms with Crippen LogP contribution in [-0.4, -0.2) is 10.8 Å². The average molecular weight is 227 g/mol. The van der Waals surface area contributed by atoms with Crippen molar-refractivity contribution in [2.24, 2.45) is 0 Å². The summed E-state index contributed by atoms with van der Waals surface area (Å²) in [5.41, 5.74) is 3.83. The summed E-state index contributed by atoms with van der Waals surface area (Å²) in [6.45, 7) is 7.83. The monoisotopic (exact) mass is 227 g/mol. The summed E-state index contributed by atoms with van der Waals surface area (Å²) >= 11 is 0. The lowest BCUT2D eigenvalue weighted by Crippen LogP contribution is -2.01. The maximum absolute atomic E-state index is 11.7. The maximum atomic E-state index is 11.7. The zero-order chi connectivity index (χ0) is 12.6.